The summed E-state index contributed by atoms with van der Waals surface area (Å²) in [6, 6.07) is 17.8. The molecule has 0 aliphatic carbocycles. The third-order valence-corrected chi connectivity index (χ3v) is 3.16. The van der Waals surface area contributed by atoms with Gasteiger partial charge in [-0.3, -0.25) is 0 Å². The molecule has 0 aliphatic rings. The van der Waals surface area contributed by atoms with Gasteiger partial charge in [0.15, 0.2) is 6.61 Å². The van der Waals surface area contributed by atoms with Gasteiger partial charge in [0.05, 0.1) is 5.52 Å². The third-order valence-electron chi connectivity index (χ3n) is 2.97. The van der Waals surface area contributed by atoms with E-state index in [1.54, 1.807) is 30.3 Å². The van der Waals surface area contributed by atoms with Crippen molar-refractivity contribution in [2.45, 2.75) is 0 Å². The molecular formula is C17H12ClNO3. The Kier molecular flexibility index (Phi) is 4.21. The molecule has 0 bridgehead atoms. The van der Waals surface area contributed by atoms with Crippen molar-refractivity contribution < 1.29 is 14.3 Å². The Morgan fingerprint density at radius 1 is 1.05 bits per heavy atom. The third kappa shape index (κ3) is 3.35. The molecule has 0 N–H and O–H groups in total. The van der Waals surface area contributed by atoms with Crippen LogP contribution in [0, 0.1) is 0 Å². The number of pyridine rings is 1. The Bertz CT molecular complexity index is 805. The summed E-state index contributed by atoms with van der Waals surface area (Å²) in [5.41, 5.74) is 0.710. The molecule has 0 radical (unpaired) electrons. The number of aromatic nitrogens is 1. The number of esters is 1. The van der Waals surface area contributed by atoms with Gasteiger partial charge in [-0.25, -0.2) is 9.78 Å². The molecule has 3 rings (SSSR count). The fourth-order valence-electron chi connectivity index (χ4n) is 2.02. The minimum atomic E-state index is -0.483. The molecule has 3 aromatic rings. The molecule has 22 heavy (non-hydrogen) atoms. The normalized spacial score (nSPS) is 10.4. The summed E-state index contributed by atoms with van der Waals surface area (Å²) in [6.45, 7) is -0.209. The average Bonchev–Trinajstić information content (AvgIpc) is 2.53. The van der Waals surface area contributed by atoms with Crippen LogP contribution in [-0.2, 0) is 4.79 Å². The lowest BCUT2D eigenvalue weighted by Crippen LogP contribution is -2.17. The van der Waals surface area contributed by atoms with Crippen LogP contribution in [0.5, 0.6) is 11.5 Å². The van der Waals surface area contributed by atoms with Crippen molar-refractivity contribution in [3.63, 3.8) is 0 Å². The summed E-state index contributed by atoms with van der Waals surface area (Å²) >= 11 is 5.96. The van der Waals surface area contributed by atoms with Gasteiger partial charge in [0.1, 0.15) is 16.7 Å². The van der Waals surface area contributed by atoms with Crippen molar-refractivity contribution in [3.8, 4) is 11.5 Å². The van der Waals surface area contributed by atoms with Crippen LogP contribution >= 0.6 is 11.6 Å². The molecule has 110 valence electrons. The van der Waals surface area contributed by atoms with E-state index in [1.807, 2.05) is 30.3 Å². The van der Waals surface area contributed by atoms with Crippen LogP contribution in [-0.4, -0.2) is 17.6 Å². The van der Waals surface area contributed by atoms with E-state index in [0.29, 0.717) is 22.2 Å². The zero-order chi connectivity index (χ0) is 15.4. The van der Waals surface area contributed by atoms with Crippen LogP contribution in [0.3, 0.4) is 0 Å². The summed E-state index contributed by atoms with van der Waals surface area (Å²) < 4.78 is 10.7. The van der Waals surface area contributed by atoms with E-state index in [0.717, 1.165) is 5.39 Å². The first-order chi connectivity index (χ1) is 10.7. The van der Waals surface area contributed by atoms with Crippen LogP contribution < -0.4 is 9.47 Å². The monoisotopic (exact) mass is 313 g/mol. The van der Waals surface area contributed by atoms with Gasteiger partial charge in [-0.15, -0.1) is 0 Å². The summed E-state index contributed by atoms with van der Waals surface area (Å²) in [5.74, 6) is 0.498. The van der Waals surface area contributed by atoms with Gasteiger partial charge < -0.3 is 9.47 Å². The van der Waals surface area contributed by atoms with Crippen LogP contribution in [0.1, 0.15) is 0 Å². The molecule has 1 heterocycles. The molecule has 0 spiro atoms. The molecule has 1 aromatic heterocycles. The van der Waals surface area contributed by atoms with Gasteiger partial charge in [0.25, 0.3) is 0 Å². The zero-order valence-electron chi connectivity index (χ0n) is 11.5. The van der Waals surface area contributed by atoms with Crippen LogP contribution in [0.25, 0.3) is 10.9 Å². The summed E-state index contributed by atoms with van der Waals surface area (Å²) in [7, 11) is 0. The molecule has 0 saturated heterocycles. The van der Waals surface area contributed by atoms with Crippen LogP contribution in [0.2, 0.25) is 5.15 Å². The van der Waals surface area contributed by atoms with Gasteiger partial charge in [-0.05, 0) is 24.3 Å². The zero-order valence-corrected chi connectivity index (χ0v) is 12.3. The number of carbonyl (C=O) groups excluding carboxylic acids is 1. The molecule has 2 aromatic carbocycles. The predicted octanol–water partition coefficient (Wildman–Crippen LogP) is 3.87. The van der Waals surface area contributed by atoms with Gasteiger partial charge in [-0.2, -0.15) is 0 Å². The Morgan fingerprint density at radius 3 is 2.59 bits per heavy atom. The topological polar surface area (TPSA) is 48.4 Å². The van der Waals surface area contributed by atoms with Crippen molar-refractivity contribution in [2.75, 3.05) is 6.61 Å². The highest BCUT2D eigenvalue weighted by atomic mass is 35.5. The van der Waals surface area contributed by atoms with Gasteiger partial charge in [0.2, 0.25) is 0 Å². The number of fused-ring (bicyclic) bond motifs is 1. The summed E-state index contributed by atoms with van der Waals surface area (Å²) in [4.78, 5) is 16.0. The number of nitrogens with zero attached hydrogens (tertiary/aromatic N) is 1. The number of benzene rings is 2. The lowest BCUT2D eigenvalue weighted by atomic mass is 10.2. The van der Waals surface area contributed by atoms with E-state index in [1.165, 1.54) is 0 Å². The van der Waals surface area contributed by atoms with Crippen molar-refractivity contribution in [2.24, 2.45) is 0 Å². The molecule has 0 fully saturated rings. The molecule has 0 saturated carbocycles. The molecule has 0 unspecified atom stereocenters. The van der Waals surface area contributed by atoms with Gasteiger partial charge in [0, 0.05) is 11.5 Å². The maximum atomic E-state index is 11.8. The number of halogens is 1. The summed E-state index contributed by atoms with van der Waals surface area (Å²) in [6.07, 6.45) is 0. The maximum Gasteiger partial charge on any atom is 0.349 e. The molecule has 0 aliphatic heterocycles. The summed E-state index contributed by atoms with van der Waals surface area (Å²) in [5, 5.41) is 1.10. The SMILES string of the molecule is O=C(COc1cc(Cl)nc2ccccc12)Oc1ccccc1. The number of hydrogen-bond donors (Lipinski definition) is 0. The smallest absolute Gasteiger partial charge is 0.349 e. The maximum absolute atomic E-state index is 11.8. The van der Waals surface area contributed by atoms with E-state index < -0.39 is 5.97 Å². The van der Waals surface area contributed by atoms with Crippen molar-refractivity contribution in [1.82, 2.24) is 4.98 Å². The number of para-hydroxylation sites is 2. The first-order valence-electron chi connectivity index (χ1n) is 6.66. The first kappa shape index (κ1) is 14.4. The molecule has 0 atom stereocenters. The lowest BCUT2D eigenvalue weighted by molar-refractivity contribution is -0.136. The van der Waals surface area contributed by atoms with Gasteiger partial charge >= 0.3 is 5.97 Å². The largest absolute Gasteiger partial charge is 0.481 e. The second-order valence-corrected chi connectivity index (χ2v) is 4.92. The highest BCUT2D eigenvalue weighted by Gasteiger charge is 2.10. The Labute approximate surface area is 132 Å². The molecule has 5 heteroatoms. The second-order valence-electron chi connectivity index (χ2n) is 4.54. The van der Waals surface area contributed by atoms with Crippen molar-refractivity contribution in [1.29, 1.82) is 0 Å². The van der Waals surface area contributed by atoms with Crippen molar-refractivity contribution in [3.05, 3.63) is 65.8 Å². The number of hydrogen-bond acceptors (Lipinski definition) is 4. The van der Waals surface area contributed by atoms with Crippen LogP contribution in [0.4, 0.5) is 0 Å². The van der Waals surface area contributed by atoms with E-state index in [-0.39, 0.29) is 6.61 Å². The second kappa shape index (κ2) is 6.45. The Morgan fingerprint density at radius 2 is 1.77 bits per heavy atom. The van der Waals surface area contributed by atoms with Crippen LogP contribution in [0.15, 0.2) is 60.7 Å². The Balaban J connectivity index is 1.72. The number of carbonyl (C=O) groups is 1. The van der Waals surface area contributed by atoms with E-state index in [2.05, 4.69) is 4.98 Å². The number of ether oxygens (including phenoxy) is 2. The fourth-order valence-corrected chi connectivity index (χ4v) is 2.21. The minimum absolute atomic E-state index is 0.209. The Hall–Kier alpha value is -2.59. The number of rotatable bonds is 4. The van der Waals surface area contributed by atoms with Gasteiger partial charge in [-0.1, -0.05) is 41.9 Å². The quantitative estimate of drug-likeness (QED) is 0.417. The standard InChI is InChI=1S/C17H12ClNO3/c18-16-10-15(13-8-4-5-9-14(13)19-16)21-11-17(20)22-12-6-2-1-3-7-12/h1-10H,11H2. The first-order valence-corrected chi connectivity index (χ1v) is 7.04. The van der Waals surface area contributed by atoms with E-state index in [9.17, 15) is 4.79 Å². The highest BCUT2D eigenvalue weighted by molar-refractivity contribution is 6.30. The highest BCUT2D eigenvalue weighted by Crippen LogP contribution is 2.27. The van der Waals surface area contributed by atoms with E-state index >= 15 is 0 Å². The molecule has 0 amide bonds. The van der Waals surface area contributed by atoms with Crippen molar-refractivity contribution >= 4 is 28.5 Å². The molecule has 4 nitrogen and oxygen atoms in total. The average molecular weight is 314 g/mol. The predicted molar refractivity (Wildman–Crippen MR) is 84.3 cm³/mol. The van der Waals surface area contributed by atoms with E-state index in [4.69, 9.17) is 21.1 Å². The fraction of sp³-hybridized carbons (Fsp3) is 0.0588. The molecular weight excluding hydrogens is 302 g/mol. The minimum Gasteiger partial charge on any atom is -0.481 e. The lowest BCUT2D eigenvalue weighted by Gasteiger charge is -2.09.